The smallest absolute Gasteiger partial charge is 0.248 e. The normalized spacial score (nSPS) is 20.4. The van der Waals surface area contributed by atoms with Gasteiger partial charge >= 0.3 is 0 Å². The number of piperidine rings is 1. The summed E-state index contributed by atoms with van der Waals surface area (Å²) in [5, 5.41) is 4.42. The molecule has 1 aliphatic carbocycles. The van der Waals surface area contributed by atoms with Crippen molar-refractivity contribution in [2.45, 2.75) is 57.5 Å². The molecule has 1 aromatic heterocycles. The second-order valence-electron chi connectivity index (χ2n) is 9.51. The molecule has 4 rings (SSSR count). The number of H-pyrrole nitrogens is 1. The lowest BCUT2D eigenvalue weighted by Gasteiger charge is -2.36. The van der Waals surface area contributed by atoms with Crippen molar-refractivity contribution in [2.24, 2.45) is 5.92 Å². The molecule has 8 heteroatoms. The molecule has 1 aromatic carbocycles. The van der Waals surface area contributed by atoms with E-state index in [4.69, 9.17) is 27.9 Å². The van der Waals surface area contributed by atoms with Gasteiger partial charge in [0.1, 0.15) is 0 Å². The van der Waals surface area contributed by atoms with Gasteiger partial charge in [0.15, 0.2) is 0 Å². The number of benzene rings is 1. The Labute approximate surface area is 211 Å². The van der Waals surface area contributed by atoms with Crippen molar-refractivity contribution < 1.29 is 9.53 Å². The van der Waals surface area contributed by atoms with Crippen molar-refractivity contribution in [2.75, 3.05) is 26.8 Å². The van der Waals surface area contributed by atoms with Crippen molar-refractivity contribution in [1.82, 2.24) is 15.2 Å². The summed E-state index contributed by atoms with van der Waals surface area (Å²) in [7, 11) is 1.69. The van der Waals surface area contributed by atoms with E-state index in [-0.39, 0.29) is 29.3 Å². The summed E-state index contributed by atoms with van der Waals surface area (Å²) in [5.74, 6) is -0.0975. The first-order valence-corrected chi connectivity index (χ1v) is 12.8. The number of aromatic amines is 1. The molecule has 2 unspecified atom stereocenters. The Morgan fingerprint density at radius 3 is 2.68 bits per heavy atom. The van der Waals surface area contributed by atoms with Crippen LogP contribution in [0.15, 0.2) is 29.1 Å². The zero-order chi connectivity index (χ0) is 24.2. The van der Waals surface area contributed by atoms with Crippen LogP contribution in [0.4, 0.5) is 0 Å². The Balaban J connectivity index is 1.58. The Hall–Kier alpha value is -1.86. The largest absolute Gasteiger partial charge is 0.385 e. The highest BCUT2D eigenvalue weighted by Gasteiger charge is 2.40. The number of hydrogen-bond donors (Lipinski definition) is 2. The minimum atomic E-state index is -0.227. The van der Waals surface area contributed by atoms with Crippen molar-refractivity contribution in [3.63, 3.8) is 0 Å². The van der Waals surface area contributed by atoms with Crippen molar-refractivity contribution >= 4 is 29.1 Å². The molecule has 184 valence electrons. The Morgan fingerprint density at radius 2 is 1.97 bits per heavy atom. The van der Waals surface area contributed by atoms with Gasteiger partial charge in [0.05, 0.1) is 16.0 Å². The fourth-order valence-corrected chi connectivity index (χ4v) is 5.43. The van der Waals surface area contributed by atoms with Crippen LogP contribution in [0.5, 0.6) is 0 Å². The van der Waals surface area contributed by atoms with Gasteiger partial charge in [-0.2, -0.15) is 0 Å². The molecule has 0 radical (unpaired) electrons. The highest BCUT2D eigenvalue weighted by Crippen LogP contribution is 2.37. The summed E-state index contributed by atoms with van der Waals surface area (Å²) >= 11 is 13.1. The van der Waals surface area contributed by atoms with Crippen LogP contribution in [0.25, 0.3) is 0 Å². The second kappa shape index (κ2) is 11.3. The van der Waals surface area contributed by atoms with Crippen LogP contribution < -0.4 is 10.9 Å². The molecule has 2 atom stereocenters. The molecule has 2 fully saturated rings. The monoisotopic (exact) mass is 505 g/mol. The number of carbonyl (C=O) groups excluding carboxylic acids is 1. The molecule has 6 nitrogen and oxygen atoms in total. The number of hydrogen-bond acceptors (Lipinski definition) is 4. The standard InChI is InChI=1S/C26H33Cl2N3O3/c1-16-10-18(13-24(32)30-16)21-7-8-29-14-22(21)26(33)31(20-5-6-20)15-19-11-17(4-3-9-34-2)12-23(27)25(19)28/h10-13,20-22,29H,3-9,14-15H2,1-2H3,(H,30,32). The first-order chi connectivity index (χ1) is 16.4. The van der Waals surface area contributed by atoms with Crippen molar-refractivity contribution in [1.29, 1.82) is 0 Å². The SMILES string of the molecule is COCCCc1cc(Cl)c(Cl)c(CN(C(=O)C2CNCCC2c2cc(C)[nH]c(=O)c2)C2CC2)c1. The maximum absolute atomic E-state index is 13.9. The van der Waals surface area contributed by atoms with Crippen LogP contribution in [-0.2, 0) is 22.5 Å². The molecular formula is C26H33Cl2N3O3. The van der Waals surface area contributed by atoms with Gasteiger partial charge in [-0.15, -0.1) is 0 Å². The molecule has 1 aliphatic heterocycles. The van der Waals surface area contributed by atoms with E-state index < -0.39 is 0 Å². The molecule has 1 saturated carbocycles. The molecule has 1 amide bonds. The number of halogens is 2. The van der Waals surface area contributed by atoms with Crippen LogP contribution in [-0.4, -0.2) is 48.6 Å². The Morgan fingerprint density at radius 1 is 1.18 bits per heavy atom. The number of nitrogens with one attached hydrogen (secondary N) is 2. The third-order valence-corrected chi connectivity index (χ3v) is 7.66. The summed E-state index contributed by atoms with van der Waals surface area (Å²) in [5.41, 5.74) is 3.62. The summed E-state index contributed by atoms with van der Waals surface area (Å²) in [6, 6.07) is 7.85. The number of rotatable bonds is 9. The van der Waals surface area contributed by atoms with Gasteiger partial charge in [-0.25, -0.2) is 0 Å². The number of methoxy groups -OCH3 is 1. The fraction of sp³-hybridized carbons (Fsp3) is 0.538. The highest BCUT2D eigenvalue weighted by atomic mass is 35.5. The third kappa shape index (κ3) is 6.03. The number of carbonyl (C=O) groups is 1. The number of pyridine rings is 1. The van der Waals surface area contributed by atoms with Crippen LogP contribution in [0, 0.1) is 12.8 Å². The lowest BCUT2D eigenvalue weighted by Crippen LogP contribution is -2.47. The molecule has 2 aromatic rings. The number of aromatic nitrogens is 1. The highest BCUT2D eigenvalue weighted by molar-refractivity contribution is 6.42. The molecule has 1 saturated heterocycles. The quantitative estimate of drug-likeness (QED) is 0.493. The summed E-state index contributed by atoms with van der Waals surface area (Å²) < 4.78 is 5.17. The predicted octanol–water partition coefficient (Wildman–Crippen LogP) is 4.45. The first kappa shape index (κ1) is 25.2. The fourth-order valence-electron chi connectivity index (χ4n) is 5.00. The van der Waals surface area contributed by atoms with E-state index in [1.807, 2.05) is 24.0 Å². The van der Waals surface area contributed by atoms with E-state index in [1.54, 1.807) is 13.2 Å². The predicted molar refractivity (Wildman–Crippen MR) is 136 cm³/mol. The number of aryl methyl sites for hydroxylation is 2. The second-order valence-corrected chi connectivity index (χ2v) is 10.3. The van der Waals surface area contributed by atoms with E-state index in [9.17, 15) is 9.59 Å². The number of nitrogens with zero attached hydrogens (tertiary/aromatic N) is 1. The van der Waals surface area contributed by atoms with Crippen molar-refractivity contribution in [3.8, 4) is 0 Å². The summed E-state index contributed by atoms with van der Waals surface area (Å²) in [6.45, 7) is 4.43. The Kier molecular flexibility index (Phi) is 8.35. The molecule has 0 spiro atoms. The average Bonchev–Trinajstić information content (AvgIpc) is 3.65. The summed E-state index contributed by atoms with van der Waals surface area (Å²) in [6.07, 6.45) is 4.55. The Bertz CT molecular complexity index is 1080. The van der Waals surface area contributed by atoms with Gasteiger partial charge in [-0.1, -0.05) is 29.3 Å². The molecular weight excluding hydrogens is 473 g/mol. The van der Waals surface area contributed by atoms with Gasteiger partial charge < -0.3 is 19.9 Å². The van der Waals surface area contributed by atoms with E-state index in [1.165, 1.54) is 0 Å². The zero-order valence-corrected chi connectivity index (χ0v) is 21.3. The lowest BCUT2D eigenvalue weighted by atomic mass is 9.80. The van der Waals surface area contributed by atoms with E-state index in [2.05, 4.69) is 16.4 Å². The maximum Gasteiger partial charge on any atom is 0.248 e. The van der Waals surface area contributed by atoms with Gasteiger partial charge in [-0.05, 0) is 80.3 Å². The number of ether oxygens (including phenoxy) is 1. The van der Waals surface area contributed by atoms with Crippen LogP contribution >= 0.6 is 23.2 Å². The van der Waals surface area contributed by atoms with Crippen LogP contribution in [0.3, 0.4) is 0 Å². The minimum Gasteiger partial charge on any atom is -0.385 e. The van der Waals surface area contributed by atoms with Gasteiger partial charge in [0, 0.05) is 44.6 Å². The van der Waals surface area contributed by atoms with Crippen LogP contribution in [0.2, 0.25) is 10.0 Å². The van der Waals surface area contributed by atoms with Crippen molar-refractivity contribution in [3.05, 3.63) is 67.0 Å². The zero-order valence-electron chi connectivity index (χ0n) is 19.8. The molecule has 2 aliphatic rings. The van der Waals surface area contributed by atoms with Crippen LogP contribution in [0.1, 0.15) is 54.0 Å². The molecule has 2 N–H and O–H groups in total. The van der Waals surface area contributed by atoms with Gasteiger partial charge in [0.25, 0.3) is 0 Å². The average molecular weight is 506 g/mol. The van der Waals surface area contributed by atoms with E-state index in [0.717, 1.165) is 61.0 Å². The molecule has 34 heavy (non-hydrogen) atoms. The first-order valence-electron chi connectivity index (χ1n) is 12.0. The van der Waals surface area contributed by atoms with Gasteiger partial charge in [-0.3, -0.25) is 9.59 Å². The van der Waals surface area contributed by atoms with Gasteiger partial charge in [0.2, 0.25) is 11.5 Å². The summed E-state index contributed by atoms with van der Waals surface area (Å²) in [4.78, 5) is 30.9. The number of amides is 1. The topological polar surface area (TPSA) is 74.4 Å². The maximum atomic E-state index is 13.9. The molecule has 2 heterocycles. The third-order valence-electron chi connectivity index (χ3n) is 6.82. The van der Waals surface area contributed by atoms with E-state index in [0.29, 0.717) is 29.7 Å². The minimum absolute atomic E-state index is 0.00966. The van der Waals surface area contributed by atoms with E-state index >= 15 is 0 Å². The molecule has 0 bridgehead atoms. The lowest BCUT2D eigenvalue weighted by molar-refractivity contribution is -0.138.